The zero-order chi connectivity index (χ0) is 20.9. The second-order valence-electron chi connectivity index (χ2n) is 6.57. The van der Waals surface area contributed by atoms with Gasteiger partial charge in [0.2, 0.25) is 0 Å². The maximum absolute atomic E-state index is 13.0. The summed E-state index contributed by atoms with van der Waals surface area (Å²) in [6.45, 7) is 0.570. The third-order valence-corrected chi connectivity index (χ3v) is 5.39. The summed E-state index contributed by atoms with van der Waals surface area (Å²) < 4.78 is 6.48. The number of aromatic nitrogens is 2. The molecule has 0 fully saturated rings. The summed E-state index contributed by atoms with van der Waals surface area (Å²) in [6, 6.07) is 20.4. The van der Waals surface area contributed by atoms with Crippen molar-refractivity contribution in [2.75, 3.05) is 12.4 Å². The predicted octanol–water partition coefficient (Wildman–Crippen LogP) is 4.70. The molecular weight excluding hydrogens is 398 g/mol. The highest BCUT2D eigenvalue weighted by atomic mass is 32.1. The average Bonchev–Trinajstić information content (AvgIpc) is 3.44. The Hall–Kier alpha value is -3.71. The van der Waals surface area contributed by atoms with Crippen LogP contribution < -0.4 is 5.32 Å². The Balaban J connectivity index is 1.60. The number of amides is 1. The van der Waals surface area contributed by atoms with Crippen LogP contribution in [0.25, 0.3) is 10.6 Å². The fourth-order valence-corrected chi connectivity index (χ4v) is 3.76. The molecule has 30 heavy (non-hydrogen) atoms. The van der Waals surface area contributed by atoms with Crippen LogP contribution in [0.2, 0.25) is 0 Å². The number of nitrogens with zero attached hydrogens (tertiary/aromatic N) is 2. The third kappa shape index (κ3) is 4.31. The van der Waals surface area contributed by atoms with Gasteiger partial charge in [0.15, 0.2) is 0 Å². The highest BCUT2D eigenvalue weighted by molar-refractivity contribution is 7.13. The van der Waals surface area contributed by atoms with Crippen LogP contribution in [-0.4, -0.2) is 28.8 Å². The number of hydrogen-bond acceptors (Lipinski definition) is 5. The number of carbonyl (C=O) groups is 2. The van der Waals surface area contributed by atoms with E-state index in [9.17, 15) is 9.59 Å². The molecule has 0 saturated carbocycles. The third-order valence-electron chi connectivity index (χ3n) is 4.51. The standard InChI is InChI=1S/C23H19N3O3S/c1-29-23(28)17-9-11-18(12-10-17)24-22(27)19-15-26(14-16-6-3-2-4-7-16)25-21(19)20-8-5-13-30-20/h2-13,15H,14H2,1H3,(H,24,27). The summed E-state index contributed by atoms with van der Waals surface area (Å²) in [5.41, 5.74) is 3.24. The molecule has 2 aromatic heterocycles. The average molecular weight is 417 g/mol. The number of benzene rings is 2. The van der Waals surface area contributed by atoms with Gasteiger partial charge < -0.3 is 10.1 Å². The molecule has 0 saturated heterocycles. The van der Waals surface area contributed by atoms with Gasteiger partial charge in [0.1, 0.15) is 5.69 Å². The van der Waals surface area contributed by atoms with E-state index in [2.05, 4.69) is 10.4 Å². The van der Waals surface area contributed by atoms with Crippen molar-refractivity contribution in [1.29, 1.82) is 0 Å². The molecule has 1 amide bonds. The summed E-state index contributed by atoms with van der Waals surface area (Å²) in [5, 5.41) is 9.50. The van der Waals surface area contributed by atoms with Crippen molar-refractivity contribution in [3.8, 4) is 10.6 Å². The Labute approximate surface area is 177 Å². The van der Waals surface area contributed by atoms with Crippen molar-refractivity contribution in [1.82, 2.24) is 9.78 Å². The number of esters is 1. The smallest absolute Gasteiger partial charge is 0.337 e. The maximum Gasteiger partial charge on any atom is 0.337 e. The maximum atomic E-state index is 13.0. The number of rotatable bonds is 6. The first-order valence-electron chi connectivity index (χ1n) is 9.29. The van der Waals surface area contributed by atoms with Crippen molar-refractivity contribution in [2.45, 2.75) is 6.54 Å². The molecule has 0 atom stereocenters. The monoisotopic (exact) mass is 417 g/mol. The molecule has 0 aliphatic rings. The van der Waals surface area contributed by atoms with E-state index in [-0.39, 0.29) is 5.91 Å². The van der Waals surface area contributed by atoms with Crippen molar-refractivity contribution in [2.24, 2.45) is 0 Å². The van der Waals surface area contributed by atoms with Crippen molar-refractivity contribution < 1.29 is 14.3 Å². The molecule has 0 aliphatic carbocycles. The topological polar surface area (TPSA) is 73.2 Å². The molecule has 6 nitrogen and oxygen atoms in total. The number of nitrogens with one attached hydrogen (secondary N) is 1. The predicted molar refractivity (Wildman–Crippen MR) is 117 cm³/mol. The van der Waals surface area contributed by atoms with Crippen LogP contribution in [-0.2, 0) is 11.3 Å². The molecule has 7 heteroatoms. The molecule has 4 aromatic rings. The van der Waals surface area contributed by atoms with E-state index in [4.69, 9.17) is 4.74 Å². The second kappa shape index (κ2) is 8.75. The minimum atomic E-state index is -0.421. The number of thiophene rings is 1. The lowest BCUT2D eigenvalue weighted by Crippen LogP contribution is -2.12. The van der Waals surface area contributed by atoms with Gasteiger partial charge in [-0.3, -0.25) is 9.48 Å². The van der Waals surface area contributed by atoms with Gasteiger partial charge in [-0.1, -0.05) is 36.4 Å². The van der Waals surface area contributed by atoms with Gasteiger partial charge in [-0.25, -0.2) is 4.79 Å². The molecule has 2 aromatic carbocycles. The molecule has 0 bridgehead atoms. The Morgan fingerprint density at radius 2 is 1.80 bits per heavy atom. The number of methoxy groups -OCH3 is 1. The first-order valence-corrected chi connectivity index (χ1v) is 10.2. The fourth-order valence-electron chi connectivity index (χ4n) is 3.04. The zero-order valence-corrected chi connectivity index (χ0v) is 17.1. The van der Waals surface area contributed by atoms with E-state index in [0.717, 1.165) is 10.4 Å². The summed E-state index contributed by atoms with van der Waals surface area (Å²) in [7, 11) is 1.33. The Morgan fingerprint density at radius 3 is 2.47 bits per heavy atom. The van der Waals surface area contributed by atoms with Gasteiger partial charge in [-0.05, 0) is 41.3 Å². The van der Waals surface area contributed by atoms with Crippen LogP contribution in [0.5, 0.6) is 0 Å². The fraction of sp³-hybridized carbons (Fsp3) is 0.0870. The van der Waals surface area contributed by atoms with Gasteiger partial charge in [-0.15, -0.1) is 11.3 Å². The van der Waals surface area contributed by atoms with Crippen LogP contribution in [0.1, 0.15) is 26.3 Å². The Morgan fingerprint density at radius 1 is 1.03 bits per heavy atom. The van der Waals surface area contributed by atoms with Crippen LogP contribution in [0, 0.1) is 0 Å². The van der Waals surface area contributed by atoms with Gasteiger partial charge in [0, 0.05) is 11.9 Å². The van der Waals surface area contributed by atoms with E-state index in [1.54, 1.807) is 35.1 Å². The molecule has 0 radical (unpaired) electrons. The van der Waals surface area contributed by atoms with Crippen LogP contribution in [0.15, 0.2) is 78.3 Å². The summed E-state index contributed by atoms with van der Waals surface area (Å²) in [6.07, 6.45) is 1.76. The summed E-state index contributed by atoms with van der Waals surface area (Å²) in [4.78, 5) is 25.5. The van der Waals surface area contributed by atoms with Crippen LogP contribution >= 0.6 is 11.3 Å². The highest BCUT2D eigenvalue weighted by Crippen LogP contribution is 2.27. The number of hydrogen-bond donors (Lipinski definition) is 1. The number of anilines is 1. The SMILES string of the molecule is COC(=O)c1ccc(NC(=O)c2cn(Cc3ccccc3)nc2-c2cccs2)cc1. The lowest BCUT2D eigenvalue weighted by atomic mass is 10.2. The number of ether oxygens (including phenoxy) is 1. The van der Waals surface area contributed by atoms with Gasteiger partial charge in [0.05, 0.1) is 29.7 Å². The second-order valence-corrected chi connectivity index (χ2v) is 7.52. The Bertz CT molecular complexity index is 1150. The minimum absolute atomic E-state index is 0.261. The minimum Gasteiger partial charge on any atom is -0.465 e. The largest absolute Gasteiger partial charge is 0.465 e. The van der Waals surface area contributed by atoms with Gasteiger partial charge >= 0.3 is 5.97 Å². The van der Waals surface area contributed by atoms with Crippen molar-refractivity contribution in [3.05, 3.63) is 95.0 Å². The van der Waals surface area contributed by atoms with Gasteiger partial charge in [0.25, 0.3) is 5.91 Å². The molecular formula is C23H19N3O3S. The molecule has 150 valence electrons. The quantitative estimate of drug-likeness (QED) is 0.462. The highest BCUT2D eigenvalue weighted by Gasteiger charge is 2.19. The summed E-state index contributed by atoms with van der Waals surface area (Å²) in [5.74, 6) is -0.682. The molecule has 2 heterocycles. The van der Waals surface area contributed by atoms with E-state index in [1.807, 2.05) is 47.8 Å². The lowest BCUT2D eigenvalue weighted by molar-refractivity contribution is 0.0600. The molecule has 0 aliphatic heterocycles. The molecule has 1 N–H and O–H groups in total. The van der Waals surface area contributed by atoms with E-state index >= 15 is 0 Å². The lowest BCUT2D eigenvalue weighted by Gasteiger charge is -2.06. The molecule has 4 rings (SSSR count). The zero-order valence-electron chi connectivity index (χ0n) is 16.2. The van der Waals surface area contributed by atoms with Crippen molar-refractivity contribution in [3.63, 3.8) is 0 Å². The normalized spacial score (nSPS) is 10.6. The van der Waals surface area contributed by atoms with E-state index < -0.39 is 5.97 Å². The van der Waals surface area contributed by atoms with E-state index in [0.29, 0.717) is 29.1 Å². The van der Waals surface area contributed by atoms with Crippen molar-refractivity contribution >= 4 is 28.9 Å². The Kier molecular flexibility index (Phi) is 5.72. The number of carbonyl (C=O) groups excluding carboxylic acids is 2. The molecule has 0 spiro atoms. The van der Waals surface area contributed by atoms with E-state index in [1.165, 1.54) is 18.4 Å². The first kappa shape index (κ1) is 19.6. The van der Waals surface area contributed by atoms with Crippen LogP contribution in [0.3, 0.4) is 0 Å². The van der Waals surface area contributed by atoms with Gasteiger partial charge in [-0.2, -0.15) is 5.10 Å². The molecule has 0 unspecified atom stereocenters. The van der Waals surface area contributed by atoms with Crippen LogP contribution in [0.4, 0.5) is 5.69 Å². The summed E-state index contributed by atoms with van der Waals surface area (Å²) >= 11 is 1.53. The first-order chi connectivity index (χ1) is 14.6.